The second kappa shape index (κ2) is 9.12. The summed E-state index contributed by atoms with van der Waals surface area (Å²) in [5.74, 6) is -0.224. The Morgan fingerprint density at radius 3 is 2.43 bits per heavy atom. The topological polar surface area (TPSA) is 73.0 Å². The van der Waals surface area contributed by atoms with Crippen LogP contribution >= 0.6 is 23.2 Å². The largest absolute Gasteiger partial charge is 0.352 e. The fourth-order valence-electron chi connectivity index (χ4n) is 4.12. The fourth-order valence-corrected chi connectivity index (χ4v) is 4.49. The maximum Gasteiger partial charge on any atom is 0.256 e. The molecule has 3 amide bonds. The Kier molecular flexibility index (Phi) is 6.51. The summed E-state index contributed by atoms with van der Waals surface area (Å²) in [6, 6.07) is 4.68. The van der Waals surface area contributed by atoms with Crippen LogP contribution in [0.3, 0.4) is 0 Å². The van der Waals surface area contributed by atoms with E-state index in [-0.39, 0.29) is 17.7 Å². The molecule has 1 aliphatic carbocycles. The highest BCUT2D eigenvalue weighted by Crippen LogP contribution is 2.27. The first-order valence-corrected chi connectivity index (χ1v) is 11.2. The van der Waals surface area contributed by atoms with E-state index < -0.39 is 6.04 Å². The van der Waals surface area contributed by atoms with Crippen LogP contribution in [-0.4, -0.2) is 83.8 Å². The maximum absolute atomic E-state index is 13.2. The number of hydrogen-bond donors (Lipinski definition) is 1. The van der Waals surface area contributed by atoms with E-state index in [9.17, 15) is 14.4 Å². The molecule has 2 aliphatic heterocycles. The third-order valence-corrected chi connectivity index (χ3v) is 6.52. The lowest BCUT2D eigenvalue weighted by molar-refractivity contribution is -0.137. The van der Waals surface area contributed by atoms with Crippen molar-refractivity contribution in [2.75, 3.05) is 39.3 Å². The molecule has 3 aliphatic rings. The van der Waals surface area contributed by atoms with Gasteiger partial charge >= 0.3 is 0 Å². The van der Waals surface area contributed by atoms with Gasteiger partial charge in [-0.3, -0.25) is 19.3 Å². The van der Waals surface area contributed by atoms with Gasteiger partial charge in [-0.05, 0) is 43.9 Å². The number of halogens is 2. The first-order valence-electron chi connectivity index (χ1n) is 10.5. The minimum atomic E-state index is -0.475. The number of benzene rings is 1. The van der Waals surface area contributed by atoms with Crippen molar-refractivity contribution < 1.29 is 14.4 Å². The molecule has 1 aromatic carbocycles. The van der Waals surface area contributed by atoms with Gasteiger partial charge in [0.05, 0.1) is 17.1 Å². The van der Waals surface area contributed by atoms with Crippen molar-refractivity contribution >= 4 is 40.9 Å². The Hall–Kier alpha value is -1.83. The summed E-state index contributed by atoms with van der Waals surface area (Å²) >= 11 is 12.2. The van der Waals surface area contributed by atoms with Crippen molar-refractivity contribution in [3.05, 3.63) is 33.8 Å². The molecule has 9 heteroatoms. The van der Waals surface area contributed by atoms with Gasteiger partial charge in [-0.25, -0.2) is 0 Å². The highest BCUT2D eigenvalue weighted by atomic mass is 35.5. The Bertz CT molecular complexity index is 838. The van der Waals surface area contributed by atoms with Gasteiger partial charge in [0.25, 0.3) is 5.91 Å². The van der Waals surface area contributed by atoms with Crippen LogP contribution < -0.4 is 5.32 Å². The lowest BCUT2D eigenvalue weighted by Crippen LogP contribution is -2.55. The number of nitrogens with zero attached hydrogens (tertiary/aromatic N) is 3. The minimum absolute atomic E-state index is 0.0268. The average Bonchev–Trinajstić information content (AvgIpc) is 3.40. The molecule has 0 aromatic heterocycles. The van der Waals surface area contributed by atoms with Crippen molar-refractivity contribution in [2.45, 2.75) is 37.8 Å². The van der Waals surface area contributed by atoms with Crippen LogP contribution in [0.2, 0.25) is 10.0 Å². The van der Waals surface area contributed by atoms with Crippen LogP contribution in [0.5, 0.6) is 0 Å². The Morgan fingerprint density at radius 2 is 1.73 bits per heavy atom. The van der Waals surface area contributed by atoms with Gasteiger partial charge in [0, 0.05) is 43.8 Å². The van der Waals surface area contributed by atoms with Crippen LogP contribution in [-0.2, 0) is 9.59 Å². The second-order valence-corrected chi connectivity index (χ2v) is 9.07. The quantitative estimate of drug-likeness (QED) is 0.741. The zero-order valence-electron chi connectivity index (χ0n) is 16.8. The van der Waals surface area contributed by atoms with E-state index >= 15 is 0 Å². The zero-order chi connectivity index (χ0) is 21.3. The normalized spacial score (nSPS) is 22.3. The van der Waals surface area contributed by atoms with Crippen LogP contribution in [0.25, 0.3) is 0 Å². The number of carbonyl (C=O) groups excluding carboxylic acids is 3. The number of carbonyl (C=O) groups is 3. The molecule has 1 saturated carbocycles. The Morgan fingerprint density at radius 1 is 1.00 bits per heavy atom. The smallest absolute Gasteiger partial charge is 0.256 e. The molecule has 162 valence electrons. The standard InChI is InChI=1S/C21H26Cl2N4O3/c22-14-3-6-17(23)16(12-14)20(29)27-7-1-2-18(27)21(30)26-10-8-25(9-11-26)13-19(28)24-15-4-5-15/h3,6,12,15,18H,1-2,4-5,7-11,13H2,(H,24,28). The Balaban J connectivity index is 1.34. The van der Waals surface area contributed by atoms with E-state index in [1.807, 2.05) is 4.90 Å². The lowest BCUT2D eigenvalue weighted by atomic mass is 10.1. The van der Waals surface area contributed by atoms with Crippen LogP contribution in [0, 0.1) is 0 Å². The molecule has 3 fully saturated rings. The van der Waals surface area contributed by atoms with E-state index in [0.29, 0.717) is 67.3 Å². The monoisotopic (exact) mass is 452 g/mol. The SMILES string of the molecule is O=C(CN1CCN(C(=O)C2CCCN2C(=O)c2cc(Cl)ccc2Cl)CC1)NC1CC1. The number of piperazine rings is 1. The predicted octanol–water partition coefficient (Wildman–Crippen LogP) is 2.02. The molecule has 7 nitrogen and oxygen atoms in total. The van der Waals surface area contributed by atoms with Crippen LogP contribution in [0.1, 0.15) is 36.0 Å². The van der Waals surface area contributed by atoms with Crippen molar-refractivity contribution in [2.24, 2.45) is 0 Å². The fraction of sp³-hybridized carbons (Fsp3) is 0.571. The first kappa shape index (κ1) is 21.4. The molecule has 2 heterocycles. The highest BCUT2D eigenvalue weighted by Gasteiger charge is 2.38. The van der Waals surface area contributed by atoms with Gasteiger partial charge < -0.3 is 15.1 Å². The third kappa shape index (κ3) is 4.90. The van der Waals surface area contributed by atoms with Gasteiger partial charge in [0.1, 0.15) is 6.04 Å². The average molecular weight is 453 g/mol. The molecule has 0 spiro atoms. The van der Waals surface area contributed by atoms with Gasteiger partial charge in [0.15, 0.2) is 0 Å². The van der Waals surface area contributed by atoms with E-state index in [1.54, 1.807) is 23.1 Å². The highest BCUT2D eigenvalue weighted by molar-refractivity contribution is 6.35. The second-order valence-electron chi connectivity index (χ2n) is 8.22. The predicted molar refractivity (Wildman–Crippen MR) is 115 cm³/mol. The van der Waals surface area contributed by atoms with Crippen molar-refractivity contribution in [3.63, 3.8) is 0 Å². The van der Waals surface area contributed by atoms with E-state index in [1.165, 1.54) is 0 Å². The van der Waals surface area contributed by atoms with Crippen molar-refractivity contribution in [1.82, 2.24) is 20.0 Å². The summed E-state index contributed by atoms with van der Waals surface area (Å²) in [5.41, 5.74) is 0.329. The first-order chi connectivity index (χ1) is 14.4. The molecule has 1 N–H and O–H groups in total. The zero-order valence-corrected chi connectivity index (χ0v) is 18.3. The van der Waals surface area contributed by atoms with Gasteiger partial charge in [0.2, 0.25) is 11.8 Å². The van der Waals surface area contributed by atoms with Crippen LogP contribution in [0.15, 0.2) is 18.2 Å². The van der Waals surface area contributed by atoms with Gasteiger partial charge in [-0.2, -0.15) is 0 Å². The summed E-state index contributed by atoms with van der Waals surface area (Å²) < 4.78 is 0. The molecule has 30 heavy (non-hydrogen) atoms. The number of rotatable bonds is 5. The summed E-state index contributed by atoms with van der Waals surface area (Å²) in [5, 5.41) is 3.77. The van der Waals surface area contributed by atoms with Crippen molar-refractivity contribution in [1.29, 1.82) is 0 Å². The van der Waals surface area contributed by atoms with Gasteiger partial charge in [-0.15, -0.1) is 0 Å². The Labute approximate surface area is 186 Å². The number of nitrogens with one attached hydrogen (secondary N) is 1. The molecule has 2 saturated heterocycles. The van der Waals surface area contributed by atoms with E-state index in [4.69, 9.17) is 23.2 Å². The molecular weight excluding hydrogens is 427 g/mol. The minimum Gasteiger partial charge on any atom is -0.352 e. The van der Waals surface area contributed by atoms with E-state index in [0.717, 1.165) is 19.3 Å². The molecular formula is C21H26Cl2N4O3. The number of hydrogen-bond acceptors (Lipinski definition) is 4. The van der Waals surface area contributed by atoms with Crippen molar-refractivity contribution in [3.8, 4) is 0 Å². The summed E-state index contributed by atoms with van der Waals surface area (Å²) in [4.78, 5) is 43.7. The molecule has 1 atom stereocenters. The lowest BCUT2D eigenvalue weighted by Gasteiger charge is -2.37. The molecule has 1 aromatic rings. The van der Waals surface area contributed by atoms with Crippen LogP contribution in [0.4, 0.5) is 0 Å². The van der Waals surface area contributed by atoms with E-state index in [2.05, 4.69) is 10.2 Å². The third-order valence-electron chi connectivity index (χ3n) is 5.95. The molecule has 4 rings (SSSR count). The van der Waals surface area contributed by atoms with Gasteiger partial charge in [-0.1, -0.05) is 23.2 Å². The summed E-state index contributed by atoms with van der Waals surface area (Å²) in [6.45, 7) is 3.34. The number of amides is 3. The maximum atomic E-state index is 13.2. The molecule has 1 unspecified atom stereocenters. The molecule has 0 radical (unpaired) electrons. The molecule has 0 bridgehead atoms. The number of likely N-dealkylation sites (tertiary alicyclic amines) is 1. The summed E-state index contributed by atoms with van der Waals surface area (Å²) in [7, 11) is 0. The summed E-state index contributed by atoms with van der Waals surface area (Å²) in [6.07, 6.45) is 3.57.